The predicted octanol–water partition coefficient (Wildman–Crippen LogP) is 8.81. The number of phenols is 4. The second-order valence-electron chi connectivity index (χ2n) is 14.9. The average molecular weight is 957 g/mol. The molecule has 0 amide bonds. The number of fused-ring (bicyclic) bond motifs is 2. The van der Waals surface area contributed by atoms with Gasteiger partial charge in [-0.2, -0.15) is 0 Å². The van der Waals surface area contributed by atoms with Gasteiger partial charge in [-0.15, -0.1) is 0 Å². The monoisotopic (exact) mass is 956 g/mol. The van der Waals surface area contributed by atoms with Crippen molar-refractivity contribution in [1.82, 2.24) is 0 Å². The van der Waals surface area contributed by atoms with E-state index in [2.05, 4.69) is 20.0 Å². The Morgan fingerprint density at radius 2 is 0.571 bits per heavy atom. The summed E-state index contributed by atoms with van der Waals surface area (Å²) in [7, 11) is 6.10. The van der Waals surface area contributed by atoms with Gasteiger partial charge in [-0.05, 0) is 72.8 Å². The maximum Gasteiger partial charge on any atom is 0.163 e. The van der Waals surface area contributed by atoms with Gasteiger partial charge in [0.15, 0.2) is 23.0 Å². The Hall–Kier alpha value is -8.48. The summed E-state index contributed by atoms with van der Waals surface area (Å²) in [6.45, 7) is 1.05. The molecule has 0 unspecified atom stereocenters. The molecule has 6 aromatic rings. The zero-order chi connectivity index (χ0) is 49.2. The highest BCUT2D eigenvalue weighted by atomic mass is 16.6. The van der Waals surface area contributed by atoms with Gasteiger partial charge < -0.3 is 67.8 Å². The van der Waals surface area contributed by atoms with Crippen LogP contribution in [0.5, 0.6) is 69.0 Å². The summed E-state index contributed by atoms with van der Waals surface area (Å²) in [6.07, 6.45) is 5.90. The fourth-order valence-electron chi connectivity index (χ4n) is 6.60. The Morgan fingerprint density at radius 1 is 0.343 bits per heavy atom. The van der Waals surface area contributed by atoms with E-state index in [1.807, 2.05) is 0 Å². The molecular weight excluding hydrogens is 905 g/mol. The van der Waals surface area contributed by atoms with E-state index in [0.29, 0.717) is 91.0 Å². The minimum atomic E-state index is -0.0113. The molecule has 0 atom stereocenters. The van der Waals surface area contributed by atoms with E-state index in [9.17, 15) is 20.4 Å². The van der Waals surface area contributed by atoms with E-state index >= 15 is 0 Å². The van der Waals surface area contributed by atoms with E-state index in [1.54, 1.807) is 72.8 Å². The van der Waals surface area contributed by atoms with Gasteiger partial charge in [-0.1, -0.05) is 0 Å². The maximum absolute atomic E-state index is 10.6. The SMILES string of the molecule is COc1ccc(O)c(C=Nc2cc3c(cc2N=Cc2cc(OC)ccc2O)OCCOCCOc2cc(N=Cc4cc(OC)ccc4O)c(N=Cc4cc(OC)ccc4O)cc2OCCOCCO3)c1. The fourth-order valence-corrected chi connectivity index (χ4v) is 6.60. The van der Waals surface area contributed by atoms with Crippen molar-refractivity contribution >= 4 is 47.6 Å². The molecule has 1 heterocycles. The topological polar surface area (TPSA) is 223 Å². The van der Waals surface area contributed by atoms with Gasteiger partial charge in [0.05, 0.1) is 77.6 Å². The van der Waals surface area contributed by atoms with E-state index in [1.165, 1.54) is 77.6 Å². The molecule has 0 saturated heterocycles. The molecule has 0 bridgehead atoms. The molecule has 0 saturated carbocycles. The van der Waals surface area contributed by atoms with Gasteiger partial charge >= 0.3 is 0 Å². The summed E-state index contributed by atoms with van der Waals surface area (Å²) in [4.78, 5) is 18.7. The lowest BCUT2D eigenvalue weighted by atomic mass is 10.2. The molecule has 1 aliphatic heterocycles. The van der Waals surface area contributed by atoms with Crippen LogP contribution >= 0.6 is 0 Å². The number of hydrogen-bond donors (Lipinski definition) is 4. The molecule has 364 valence electrons. The smallest absolute Gasteiger partial charge is 0.163 e. The Balaban J connectivity index is 1.14. The maximum atomic E-state index is 10.6. The second-order valence-corrected chi connectivity index (χ2v) is 14.9. The summed E-state index contributed by atoms with van der Waals surface area (Å²) in [5, 5.41) is 42.4. The number of methoxy groups -OCH3 is 4. The second kappa shape index (κ2) is 24.5. The molecule has 0 fully saturated rings. The summed E-state index contributed by atoms with van der Waals surface area (Å²) in [5.41, 5.74) is 2.98. The first-order chi connectivity index (χ1) is 34.1. The molecular formula is C52H52N4O14. The quantitative estimate of drug-likeness (QED) is 0.0842. The van der Waals surface area contributed by atoms with Crippen LogP contribution in [0.3, 0.4) is 0 Å². The first-order valence-corrected chi connectivity index (χ1v) is 21.8. The minimum Gasteiger partial charge on any atom is -0.507 e. The normalized spacial score (nSPS) is 13.9. The van der Waals surface area contributed by atoms with Crippen molar-refractivity contribution < 1.29 is 67.8 Å². The molecule has 6 aromatic carbocycles. The highest BCUT2D eigenvalue weighted by Gasteiger charge is 2.16. The number of nitrogens with zero attached hydrogens (tertiary/aromatic N) is 4. The molecule has 1 aliphatic rings. The molecule has 70 heavy (non-hydrogen) atoms. The number of phenolic OH excluding ortho intramolecular Hbond substituents is 4. The minimum absolute atomic E-state index is 0.0113. The van der Waals surface area contributed by atoms with Gasteiger partial charge in [0.25, 0.3) is 0 Å². The molecule has 18 heteroatoms. The number of benzene rings is 6. The van der Waals surface area contributed by atoms with Crippen molar-refractivity contribution in [3.63, 3.8) is 0 Å². The molecule has 7 rings (SSSR count). The summed E-state index contributed by atoms with van der Waals surface area (Å²) in [6, 6.07) is 25.7. The highest BCUT2D eigenvalue weighted by molar-refractivity contribution is 5.92. The molecule has 0 aromatic heterocycles. The third-order valence-electron chi connectivity index (χ3n) is 10.3. The van der Waals surface area contributed by atoms with E-state index < -0.39 is 0 Å². The zero-order valence-corrected chi connectivity index (χ0v) is 38.9. The van der Waals surface area contributed by atoms with Crippen molar-refractivity contribution in [3.8, 4) is 69.0 Å². The van der Waals surface area contributed by atoms with Gasteiger partial charge in [0.2, 0.25) is 0 Å². The molecule has 18 nitrogen and oxygen atoms in total. The Morgan fingerprint density at radius 3 is 0.786 bits per heavy atom. The van der Waals surface area contributed by atoms with Gasteiger partial charge in [-0.3, -0.25) is 20.0 Å². The van der Waals surface area contributed by atoms with Crippen LogP contribution in [-0.2, 0) is 9.47 Å². The van der Waals surface area contributed by atoms with E-state index in [0.717, 1.165) is 0 Å². The molecule has 0 spiro atoms. The van der Waals surface area contributed by atoms with Gasteiger partial charge in [-0.25, -0.2) is 0 Å². The third-order valence-corrected chi connectivity index (χ3v) is 10.3. The zero-order valence-electron chi connectivity index (χ0n) is 38.9. The van der Waals surface area contributed by atoms with Crippen molar-refractivity contribution in [1.29, 1.82) is 0 Å². The Bertz CT molecular complexity index is 2480. The standard InChI is InChI=1S/C52H52N4O14/c1-61-37-5-9-45(57)33(21-37)29-53-41-25-49-50(26-42(41)54-30-34-22-38(62-2)6-10-46(34)58)68-18-14-66-16-20-70-52-28-44(56-32-36-24-40(64-4)8-12-48(36)60)43(27-51(52)69-19-15-65-13-17-67-49)55-31-35-23-39(63-3)7-11-47(35)59/h5-12,21-32,57-60H,13-20H2,1-4H3. The van der Waals surface area contributed by atoms with E-state index in [4.69, 9.17) is 47.4 Å². The molecule has 0 radical (unpaired) electrons. The van der Waals surface area contributed by atoms with Crippen molar-refractivity contribution in [2.24, 2.45) is 20.0 Å². The highest BCUT2D eigenvalue weighted by Crippen LogP contribution is 2.42. The van der Waals surface area contributed by atoms with Crippen LogP contribution in [0.15, 0.2) is 117 Å². The number of aromatic hydroxyl groups is 4. The first-order valence-electron chi connectivity index (χ1n) is 21.8. The predicted molar refractivity (Wildman–Crippen MR) is 264 cm³/mol. The summed E-state index contributed by atoms with van der Waals surface area (Å²) in [5.74, 6) is 3.39. The van der Waals surface area contributed by atoms with Crippen LogP contribution in [-0.4, -0.2) is 127 Å². The van der Waals surface area contributed by atoms with Crippen LogP contribution in [0.1, 0.15) is 22.3 Å². The molecule has 4 N–H and O–H groups in total. The number of aliphatic imine (C=N–C) groups is 4. The van der Waals surface area contributed by atoms with Crippen molar-refractivity contribution in [2.75, 3.05) is 81.3 Å². The van der Waals surface area contributed by atoms with Crippen molar-refractivity contribution in [2.45, 2.75) is 0 Å². The summed E-state index contributed by atoms with van der Waals surface area (Å²) >= 11 is 0. The van der Waals surface area contributed by atoms with Crippen LogP contribution in [0.25, 0.3) is 0 Å². The number of ether oxygens (including phenoxy) is 10. The lowest BCUT2D eigenvalue weighted by Crippen LogP contribution is -2.15. The van der Waals surface area contributed by atoms with Crippen LogP contribution in [0.2, 0.25) is 0 Å². The Kier molecular flexibility index (Phi) is 17.3. The van der Waals surface area contributed by atoms with E-state index in [-0.39, 0.29) is 75.9 Å². The number of hydrogen-bond acceptors (Lipinski definition) is 18. The lowest BCUT2D eigenvalue weighted by Gasteiger charge is -2.17. The van der Waals surface area contributed by atoms with Crippen molar-refractivity contribution in [3.05, 3.63) is 119 Å². The lowest BCUT2D eigenvalue weighted by molar-refractivity contribution is 0.0641. The van der Waals surface area contributed by atoms with Crippen LogP contribution < -0.4 is 37.9 Å². The van der Waals surface area contributed by atoms with Crippen LogP contribution in [0.4, 0.5) is 22.7 Å². The van der Waals surface area contributed by atoms with Crippen LogP contribution in [0, 0.1) is 0 Å². The third kappa shape index (κ3) is 13.4. The fraction of sp³-hybridized carbons (Fsp3) is 0.231. The van der Waals surface area contributed by atoms with Gasteiger partial charge in [0, 0.05) is 71.4 Å². The van der Waals surface area contributed by atoms with Gasteiger partial charge in [0.1, 0.15) is 72.4 Å². The average Bonchev–Trinajstić information content (AvgIpc) is 3.37. The summed E-state index contributed by atoms with van der Waals surface area (Å²) < 4.78 is 58.1. The number of rotatable bonds is 12. The molecule has 0 aliphatic carbocycles. The Labute approximate surface area is 403 Å². The first kappa shape index (κ1) is 49.4. The largest absolute Gasteiger partial charge is 0.507 e.